The number of nitrogens with zero attached hydrogens (tertiary/aromatic N) is 1. The second kappa shape index (κ2) is 3.55. The van der Waals surface area contributed by atoms with Crippen molar-refractivity contribution in [3.05, 3.63) is 29.3 Å². The molecule has 0 N–H and O–H groups in total. The van der Waals surface area contributed by atoms with Gasteiger partial charge in [-0.15, -0.1) is 0 Å². The van der Waals surface area contributed by atoms with Crippen LogP contribution in [0, 0.1) is 29.2 Å². The molecule has 0 fully saturated rings. The number of benzene rings is 1. The number of hydrogen-bond acceptors (Lipinski definition) is 2. The average molecular weight is 185 g/mol. The summed E-state index contributed by atoms with van der Waals surface area (Å²) in [5, 5.41) is 10.1. The number of aryl methyl sites for hydroxylation is 1. The Labute approximate surface area is 73.0 Å². The molecule has 1 aromatic carbocycles. The van der Waals surface area contributed by atoms with E-state index in [2.05, 4.69) is 0 Å². The molecule has 0 aliphatic rings. The van der Waals surface area contributed by atoms with Gasteiger partial charge in [0.1, 0.15) is 5.40 Å². The molecule has 12 heavy (non-hydrogen) atoms. The van der Waals surface area contributed by atoms with E-state index >= 15 is 0 Å². The molecule has 0 aliphatic carbocycles. The fourth-order valence-electron chi connectivity index (χ4n) is 0.787. The van der Waals surface area contributed by atoms with E-state index in [0.717, 1.165) is 23.9 Å². The summed E-state index contributed by atoms with van der Waals surface area (Å²) in [6.07, 6.45) is 0. The minimum Gasteiger partial charge on any atom is -0.204 e. The van der Waals surface area contributed by atoms with Gasteiger partial charge in [0.15, 0.2) is 11.6 Å². The predicted molar refractivity (Wildman–Crippen MR) is 42.6 cm³/mol. The minimum absolute atomic E-state index is 0.455. The zero-order chi connectivity index (χ0) is 9.14. The van der Waals surface area contributed by atoms with Gasteiger partial charge in [-0.1, -0.05) is 0 Å². The quantitative estimate of drug-likeness (QED) is 0.496. The van der Waals surface area contributed by atoms with Gasteiger partial charge in [-0.05, 0) is 36.4 Å². The SMILES string of the molecule is Cc1cc(F)c(F)cc1SC#N. The Hall–Kier alpha value is -1.08. The molecule has 0 saturated carbocycles. The maximum atomic E-state index is 12.6. The summed E-state index contributed by atoms with van der Waals surface area (Å²) in [5.74, 6) is -1.80. The summed E-state index contributed by atoms with van der Waals surface area (Å²) in [6, 6.07) is 2.10. The van der Waals surface area contributed by atoms with E-state index in [9.17, 15) is 8.78 Å². The molecule has 4 heteroatoms. The van der Waals surface area contributed by atoms with Crippen LogP contribution in [0.5, 0.6) is 0 Å². The summed E-state index contributed by atoms with van der Waals surface area (Å²) in [4.78, 5) is 0.455. The van der Waals surface area contributed by atoms with Gasteiger partial charge in [0, 0.05) is 4.90 Å². The van der Waals surface area contributed by atoms with Crippen molar-refractivity contribution in [2.45, 2.75) is 11.8 Å². The van der Waals surface area contributed by atoms with Gasteiger partial charge in [0.05, 0.1) is 0 Å². The van der Waals surface area contributed by atoms with Crippen LogP contribution in [0.2, 0.25) is 0 Å². The van der Waals surface area contributed by atoms with Crippen molar-refractivity contribution in [2.24, 2.45) is 0 Å². The third-order valence-electron chi connectivity index (χ3n) is 1.37. The molecule has 0 bridgehead atoms. The Kier molecular flexibility index (Phi) is 2.66. The van der Waals surface area contributed by atoms with Gasteiger partial charge < -0.3 is 0 Å². The molecule has 0 amide bonds. The maximum Gasteiger partial charge on any atom is 0.159 e. The van der Waals surface area contributed by atoms with Crippen LogP contribution >= 0.6 is 11.8 Å². The standard InChI is InChI=1S/C8H5F2NS/c1-5-2-6(9)7(10)3-8(5)12-4-11/h2-3H,1H3. The van der Waals surface area contributed by atoms with E-state index in [0.29, 0.717) is 10.5 Å². The Morgan fingerprint density at radius 1 is 1.33 bits per heavy atom. The Bertz CT molecular complexity index is 344. The smallest absolute Gasteiger partial charge is 0.159 e. The Morgan fingerprint density at radius 2 is 1.92 bits per heavy atom. The van der Waals surface area contributed by atoms with Crippen LogP contribution in [0.1, 0.15) is 5.56 Å². The first kappa shape index (κ1) is 9.01. The van der Waals surface area contributed by atoms with Crippen molar-refractivity contribution in [3.8, 4) is 5.40 Å². The summed E-state index contributed by atoms with van der Waals surface area (Å²) >= 11 is 0.824. The average Bonchev–Trinajstić information content (AvgIpc) is 2.01. The van der Waals surface area contributed by atoms with E-state index < -0.39 is 11.6 Å². The topological polar surface area (TPSA) is 23.8 Å². The first-order chi connectivity index (χ1) is 5.65. The molecular weight excluding hydrogens is 180 g/mol. The normalized spacial score (nSPS) is 9.50. The van der Waals surface area contributed by atoms with Gasteiger partial charge >= 0.3 is 0 Å². The first-order valence-electron chi connectivity index (χ1n) is 3.16. The van der Waals surface area contributed by atoms with E-state index in [4.69, 9.17) is 5.26 Å². The number of halogens is 2. The molecule has 0 saturated heterocycles. The van der Waals surface area contributed by atoms with Crippen molar-refractivity contribution < 1.29 is 8.78 Å². The van der Waals surface area contributed by atoms with E-state index in [-0.39, 0.29) is 0 Å². The van der Waals surface area contributed by atoms with Crippen LogP contribution in [0.25, 0.3) is 0 Å². The van der Waals surface area contributed by atoms with Crippen molar-refractivity contribution in [1.82, 2.24) is 0 Å². The summed E-state index contributed by atoms with van der Waals surface area (Å²) in [5.41, 5.74) is 0.570. The number of rotatable bonds is 1. The third-order valence-corrected chi connectivity index (χ3v) is 2.12. The lowest BCUT2D eigenvalue weighted by Crippen LogP contribution is -1.87. The van der Waals surface area contributed by atoms with E-state index in [1.807, 2.05) is 0 Å². The highest BCUT2D eigenvalue weighted by atomic mass is 32.2. The fourth-order valence-corrected chi connectivity index (χ4v) is 1.27. The molecule has 0 unspecified atom stereocenters. The lowest BCUT2D eigenvalue weighted by molar-refractivity contribution is 0.504. The maximum absolute atomic E-state index is 12.6. The van der Waals surface area contributed by atoms with E-state index in [1.165, 1.54) is 0 Å². The summed E-state index contributed by atoms with van der Waals surface area (Å²) in [6.45, 7) is 1.63. The van der Waals surface area contributed by atoms with Gasteiger partial charge in [0.2, 0.25) is 0 Å². The van der Waals surface area contributed by atoms with Gasteiger partial charge in [-0.25, -0.2) is 8.78 Å². The molecule has 62 valence electrons. The predicted octanol–water partition coefficient (Wildman–Crippen LogP) is 2.85. The number of nitriles is 1. The third kappa shape index (κ3) is 1.74. The first-order valence-corrected chi connectivity index (χ1v) is 3.98. The molecule has 1 nitrogen and oxygen atoms in total. The molecule has 1 rings (SSSR count). The van der Waals surface area contributed by atoms with E-state index in [1.54, 1.807) is 12.3 Å². The van der Waals surface area contributed by atoms with Gasteiger partial charge in [-0.3, -0.25) is 0 Å². The van der Waals surface area contributed by atoms with Gasteiger partial charge in [-0.2, -0.15) is 5.26 Å². The molecule has 0 radical (unpaired) electrons. The van der Waals surface area contributed by atoms with Crippen molar-refractivity contribution in [2.75, 3.05) is 0 Å². The zero-order valence-electron chi connectivity index (χ0n) is 6.27. The Balaban J connectivity index is 3.16. The van der Waals surface area contributed by atoms with Crippen LogP contribution < -0.4 is 0 Å². The van der Waals surface area contributed by atoms with Crippen molar-refractivity contribution in [3.63, 3.8) is 0 Å². The Morgan fingerprint density at radius 3 is 2.50 bits per heavy atom. The van der Waals surface area contributed by atoms with Gasteiger partial charge in [0.25, 0.3) is 0 Å². The van der Waals surface area contributed by atoms with Crippen LogP contribution in [0.15, 0.2) is 17.0 Å². The molecule has 1 aromatic rings. The van der Waals surface area contributed by atoms with Crippen molar-refractivity contribution >= 4 is 11.8 Å². The monoisotopic (exact) mass is 185 g/mol. The highest BCUT2D eigenvalue weighted by Crippen LogP contribution is 2.23. The van der Waals surface area contributed by atoms with Crippen LogP contribution in [-0.2, 0) is 0 Å². The van der Waals surface area contributed by atoms with Crippen LogP contribution in [0.3, 0.4) is 0 Å². The highest BCUT2D eigenvalue weighted by molar-refractivity contribution is 8.03. The fraction of sp³-hybridized carbons (Fsp3) is 0.125. The molecule has 0 aliphatic heterocycles. The lowest BCUT2D eigenvalue weighted by atomic mass is 10.2. The number of thioether (sulfide) groups is 1. The van der Waals surface area contributed by atoms with Crippen LogP contribution in [0.4, 0.5) is 8.78 Å². The second-order valence-corrected chi connectivity index (χ2v) is 3.05. The molecule has 0 aromatic heterocycles. The molecule has 0 heterocycles. The minimum atomic E-state index is -0.918. The zero-order valence-corrected chi connectivity index (χ0v) is 7.08. The van der Waals surface area contributed by atoms with Crippen molar-refractivity contribution in [1.29, 1.82) is 5.26 Å². The molecule has 0 atom stereocenters. The summed E-state index contributed by atoms with van der Waals surface area (Å²) < 4.78 is 25.1. The second-order valence-electron chi connectivity index (χ2n) is 2.23. The largest absolute Gasteiger partial charge is 0.204 e. The molecular formula is C8H5F2NS. The summed E-state index contributed by atoms with van der Waals surface area (Å²) in [7, 11) is 0. The highest BCUT2D eigenvalue weighted by Gasteiger charge is 2.06. The number of hydrogen-bond donors (Lipinski definition) is 0. The number of thiocyanates is 1. The molecule has 0 spiro atoms. The van der Waals surface area contributed by atoms with Crippen LogP contribution in [-0.4, -0.2) is 0 Å². The lowest BCUT2D eigenvalue weighted by Gasteiger charge is -2.00.